The molecule has 10 nitrogen and oxygen atoms in total. The van der Waals surface area contributed by atoms with Gasteiger partial charge in [-0.25, -0.2) is 4.79 Å². The minimum atomic E-state index is -0.946. The third-order valence-electron chi connectivity index (χ3n) is 6.48. The summed E-state index contributed by atoms with van der Waals surface area (Å²) in [6, 6.07) is 19.8. The quantitative estimate of drug-likeness (QED) is 0.143. The number of carbonyl (C=O) groups is 3. The molecule has 4 aromatic rings. The maximum absolute atomic E-state index is 12.1. The van der Waals surface area contributed by atoms with E-state index < -0.39 is 11.9 Å². The van der Waals surface area contributed by atoms with Crippen molar-refractivity contribution < 1.29 is 33.4 Å². The van der Waals surface area contributed by atoms with E-state index in [1.807, 2.05) is 50.2 Å². The Morgan fingerprint density at radius 3 is 2.23 bits per heavy atom. The molecule has 3 N–H and O–H groups in total. The molecule has 0 unspecified atom stereocenters. The summed E-state index contributed by atoms with van der Waals surface area (Å²) in [4.78, 5) is 37.3. The van der Waals surface area contributed by atoms with Crippen molar-refractivity contribution in [1.29, 1.82) is 0 Å². The number of aryl methyl sites for hydroxylation is 2. The summed E-state index contributed by atoms with van der Waals surface area (Å²) in [5, 5.41) is 16.1. The Labute approximate surface area is 250 Å². The van der Waals surface area contributed by atoms with E-state index in [2.05, 4.69) is 15.5 Å². The molecule has 2 amide bonds. The largest absolute Gasteiger partial charge is 0.508 e. The van der Waals surface area contributed by atoms with Gasteiger partial charge in [-0.1, -0.05) is 12.1 Å². The fourth-order valence-corrected chi connectivity index (χ4v) is 4.62. The number of benzene rings is 3. The van der Waals surface area contributed by atoms with Crippen LogP contribution in [0.15, 0.2) is 77.4 Å². The fourth-order valence-electron chi connectivity index (χ4n) is 4.62. The van der Waals surface area contributed by atoms with Crippen LogP contribution in [0.3, 0.4) is 0 Å². The van der Waals surface area contributed by atoms with Crippen LogP contribution in [-0.2, 0) is 38.8 Å². The predicted molar refractivity (Wildman–Crippen MR) is 162 cm³/mol. The highest BCUT2D eigenvalue weighted by Gasteiger charge is 2.18. The number of esters is 1. The number of rotatable bonds is 11. The van der Waals surface area contributed by atoms with Crippen molar-refractivity contribution in [3.8, 4) is 17.2 Å². The molecule has 1 heterocycles. The number of phenols is 1. The summed E-state index contributed by atoms with van der Waals surface area (Å²) < 4.78 is 16.6. The average Bonchev–Trinajstić information content (AvgIpc) is 3.46. The number of anilines is 2. The van der Waals surface area contributed by atoms with Crippen molar-refractivity contribution in [2.75, 3.05) is 17.2 Å². The van der Waals surface area contributed by atoms with Crippen LogP contribution in [-0.4, -0.2) is 34.4 Å². The van der Waals surface area contributed by atoms with Gasteiger partial charge in [0.2, 0.25) is 5.91 Å². The first-order chi connectivity index (χ1) is 20.6. The lowest BCUT2D eigenvalue weighted by atomic mass is 10.1. The third kappa shape index (κ3) is 8.70. The molecule has 0 aliphatic heterocycles. The van der Waals surface area contributed by atoms with E-state index in [9.17, 15) is 19.5 Å². The third-order valence-corrected chi connectivity index (χ3v) is 6.48. The molecule has 0 radical (unpaired) electrons. The second kappa shape index (κ2) is 14.2. The summed E-state index contributed by atoms with van der Waals surface area (Å²) in [6.07, 6.45) is 1.62. The van der Waals surface area contributed by atoms with E-state index in [1.54, 1.807) is 43.5 Å². The van der Waals surface area contributed by atoms with Crippen LogP contribution in [0.25, 0.3) is 0 Å². The number of aromatic hydroxyl groups is 1. The number of furan rings is 1. The monoisotopic (exact) mass is 585 g/mol. The molecule has 224 valence electrons. The van der Waals surface area contributed by atoms with Gasteiger partial charge >= 0.3 is 11.9 Å². The van der Waals surface area contributed by atoms with Gasteiger partial charge in [0.25, 0.3) is 0 Å². The summed E-state index contributed by atoms with van der Waals surface area (Å²) >= 11 is 0. The molecule has 43 heavy (non-hydrogen) atoms. The zero-order valence-electron chi connectivity index (χ0n) is 24.6. The SMILES string of the molecule is CCOC(=O)C(=O)Nc1cc(C)c(Oc2ccc(O)c(CN(Cc3ccc(NC(C)=O)cc3)Cc3ccco3)c2)c(C)c1. The molecule has 0 saturated heterocycles. The number of nitrogens with zero attached hydrogens (tertiary/aromatic N) is 1. The van der Waals surface area contributed by atoms with Crippen LogP contribution in [0, 0.1) is 13.8 Å². The number of hydrogen-bond donors (Lipinski definition) is 3. The van der Waals surface area contributed by atoms with E-state index in [1.165, 1.54) is 6.92 Å². The smallest absolute Gasteiger partial charge is 0.397 e. The highest BCUT2D eigenvalue weighted by Crippen LogP contribution is 2.34. The van der Waals surface area contributed by atoms with Gasteiger partial charge in [0.05, 0.1) is 19.4 Å². The Bertz CT molecular complexity index is 1560. The summed E-state index contributed by atoms with van der Waals surface area (Å²) in [5.41, 5.74) is 4.34. The molecule has 10 heteroatoms. The summed E-state index contributed by atoms with van der Waals surface area (Å²) in [6.45, 7) is 8.34. The molecule has 0 atom stereocenters. The molecule has 0 saturated carbocycles. The lowest BCUT2D eigenvalue weighted by Crippen LogP contribution is -2.25. The van der Waals surface area contributed by atoms with E-state index in [0.29, 0.717) is 42.4 Å². The minimum Gasteiger partial charge on any atom is -0.508 e. The standard InChI is InChI=1S/C33H35N3O7/c1-5-41-33(40)32(39)35-27-15-21(2)31(22(3)16-27)43-28-12-13-30(38)25(17-28)19-36(20-29-7-6-14-42-29)18-24-8-10-26(11-9-24)34-23(4)37/h6-17,38H,5,18-20H2,1-4H3,(H,34,37)(H,35,39). The molecular weight excluding hydrogens is 550 g/mol. The number of amides is 2. The van der Waals surface area contributed by atoms with Crippen LogP contribution in [0.5, 0.6) is 17.2 Å². The normalized spacial score (nSPS) is 10.8. The van der Waals surface area contributed by atoms with Crippen LogP contribution in [0.1, 0.15) is 41.9 Å². The zero-order valence-corrected chi connectivity index (χ0v) is 24.6. The van der Waals surface area contributed by atoms with Crippen molar-refractivity contribution >= 4 is 29.2 Å². The predicted octanol–water partition coefficient (Wildman–Crippen LogP) is 6.06. The summed E-state index contributed by atoms with van der Waals surface area (Å²) in [5.74, 6) is 0.105. The number of carbonyl (C=O) groups excluding carboxylic acids is 3. The Morgan fingerprint density at radius 1 is 0.884 bits per heavy atom. The zero-order chi connectivity index (χ0) is 30.9. The van der Waals surface area contributed by atoms with Crippen LogP contribution in [0.4, 0.5) is 11.4 Å². The van der Waals surface area contributed by atoms with E-state index in [-0.39, 0.29) is 18.3 Å². The van der Waals surface area contributed by atoms with Crippen molar-refractivity contribution in [2.24, 2.45) is 0 Å². The maximum atomic E-state index is 12.1. The topological polar surface area (TPSA) is 130 Å². The molecule has 0 spiro atoms. The van der Waals surface area contributed by atoms with E-state index in [0.717, 1.165) is 28.1 Å². The minimum absolute atomic E-state index is 0.110. The molecule has 0 bridgehead atoms. The molecule has 3 aromatic carbocycles. The van der Waals surface area contributed by atoms with Gasteiger partial charge in [-0.3, -0.25) is 14.5 Å². The van der Waals surface area contributed by atoms with Crippen molar-refractivity contribution in [3.05, 3.63) is 101 Å². The summed E-state index contributed by atoms with van der Waals surface area (Å²) in [7, 11) is 0. The first-order valence-corrected chi connectivity index (χ1v) is 13.8. The second-order valence-corrected chi connectivity index (χ2v) is 10.1. The van der Waals surface area contributed by atoms with Gasteiger partial charge in [-0.05, 0) is 92.1 Å². The second-order valence-electron chi connectivity index (χ2n) is 10.1. The van der Waals surface area contributed by atoms with Gasteiger partial charge in [-0.15, -0.1) is 0 Å². The molecule has 4 rings (SSSR count). The number of nitrogens with one attached hydrogen (secondary N) is 2. The van der Waals surface area contributed by atoms with Crippen LogP contribution in [0.2, 0.25) is 0 Å². The molecule has 0 aliphatic rings. The fraction of sp³-hybridized carbons (Fsp3) is 0.242. The van der Waals surface area contributed by atoms with Gasteiger partial charge in [0, 0.05) is 37.0 Å². The molecular formula is C33H35N3O7. The average molecular weight is 586 g/mol. The van der Waals surface area contributed by atoms with E-state index in [4.69, 9.17) is 13.9 Å². The van der Waals surface area contributed by atoms with E-state index >= 15 is 0 Å². The number of ether oxygens (including phenoxy) is 2. The Balaban J connectivity index is 1.52. The number of hydrogen-bond acceptors (Lipinski definition) is 8. The highest BCUT2D eigenvalue weighted by atomic mass is 16.5. The Hall–Kier alpha value is -5.09. The lowest BCUT2D eigenvalue weighted by molar-refractivity contribution is -0.152. The first-order valence-electron chi connectivity index (χ1n) is 13.8. The Kier molecular flexibility index (Phi) is 10.2. The number of phenolic OH excluding ortho intramolecular Hbond substituents is 1. The maximum Gasteiger partial charge on any atom is 0.397 e. The van der Waals surface area contributed by atoms with Crippen molar-refractivity contribution in [1.82, 2.24) is 4.90 Å². The van der Waals surface area contributed by atoms with Gasteiger partial charge in [-0.2, -0.15) is 0 Å². The van der Waals surface area contributed by atoms with Crippen LogP contribution < -0.4 is 15.4 Å². The van der Waals surface area contributed by atoms with Crippen molar-refractivity contribution in [2.45, 2.75) is 47.3 Å². The van der Waals surface area contributed by atoms with Crippen LogP contribution >= 0.6 is 0 Å². The van der Waals surface area contributed by atoms with Crippen molar-refractivity contribution in [3.63, 3.8) is 0 Å². The lowest BCUT2D eigenvalue weighted by Gasteiger charge is -2.23. The van der Waals surface area contributed by atoms with Gasteiger partial charge in [0.1, 0.15) is 23.0 Å². The highest BCUT2D eigenvalue weighted by molar-refractivity contribution is 6.37. The Morgan fingerprint density at radius 2 is 1.60 bits per heavy atom. The van der Waals surface area contributed by atoms with Gasteiger partial charge < -0.3 is 29.6 Å². The molecule has 1 aromatic heterocycles. The molecule has 0 fully saturated rings. The first kappa shape index (κ1) is 30.9. The van der Waals surface area contributed by atoms with Gasteiger partial charge in [0.15, 0.2) is 0 Å². The molecule has 0 aliphatic carbocycles.